The average molecular weight is 412 g/mol. The molecule has 0 saturated heterocycles. The van der Waals surface area contributed by atoms with Crippen molar-refractivity contribution in [2.24, 2.45) is 0 Å². The zero-order valence-electron chi connectivity index (χ0n) is 15.1. The predicted molar refractivity (Wildman–Crippen MR) is 105 cm³/mol. The van der Waals surface area contributed by atoms with Crippen LogP contribution >= 0.6 is 11.8 Å². The molecule has 29 heavy (non-hydrogen) atoms. The van der Waals surface area contributed by atoms with Crippen LogP contribution < -0.4 is 10.6 Å². The van der Waals surface area contributed by atoms with E-state index in [4.69, 9.17) is 0 Å². The van der Waals surface area contributed by atoms with Crippen LogP contribution in [0.5, 0.6) is 0 Å². The normalized spacial score (nSPS) is 10.9. The molecule has 0 aliphatic heterocycles. The van der Waals surface area contributed by atoms with Gasteiger partial charge in [-0.05, 0) is 37.3 Å². The number of rotatable bonds is 4. The maximum Gasteiger partial charge on any atom is 0.323 e. The summed E-state index contributed by atoms with van der Waals surface area (Å²) in [6, 6.07) is 11.3. The Morgan fingerprint density at radius 2 is 1.86 bits per heavy atom. The number of fused-ring (bicyclic) bond motifs is 1. The number of halogens is 2. The van der Waals surface area contributed by atoms with Gasteiger partial charge in [0.05, 0.1) is 11.4 Å². The highest BCUT2D eigenvalue weighted by Crippen LogP contribution is 2.33. The highest BCUT2D eigenvalue weighted by Gasteiger charge is 2.13. The topological polar surface area (TPSA) is 84.2 Å². The summed E-state index contributed by atoms with van der Waals surface area (Å²) in [5.74, 6) is -1.10. The van der Waals surface area contributed by atoms with Crippen LogP contribution in [0, 0.1) is 18.6 Å². The lowest BCUT2D eigenvalue weighted by Gasteiger charge is -2.12. The molecule has 2 N–H and O–H groups in total. The number of hydrogen-bond donors (Lipinski definition) is 2. The van der Waals surface area contributed by atoms with Crippen molar-refractivity contribution in [2.45, 2.75) is 16.8 Å². The van der Waals surface area contributed by atoms with Crippen molar-refractivity contribution >= 4 is 34.9 Å². The number of carbonyl (C=O) groups excluding carboxylic acids is 1. The van der Waals surface area contributed by atoms with Gasteiger partial charge < -0.3 is 10.6 Å². The number of amides is 2. The third kappa shape index (κ3) is 4.16. The Hall–Kier alpha value is -3.53. The van der Waals surface area contributed by atoms with Gasteiger partial charge in [0.1, 0.15) is 23.0 Å². The number of aromatic nitrogens is 4. The van der Waals surface area contributed by atoms with E-state index in [0.29, 0.717) is 17.5 Å². The van der Waals surface area contributed by atoms with Crippen molar-refractivity contribution in [1.29, 1.82) is 0 Å². The zero-order chi connectivity index (χ0) is 20.4. The number of hydrogen-bond acceptors (Lipinski definition) is 5. The van der Waals surface area contributed by atoms with Crippen LogP contribution in [0.15, 0.2) is 64.8 Å². The van der Waals surface area contributed by atoms with Crippen LogP contribution in [0.25, 0.3) is 5.78 Å². The fourth-order valence-electron chi connectivity index (χ4n) is 2.61. The maximum atomic E-state index is 13.8. The summed E-state index contributed by atoms with van der Waals surface area (Å²) in [4.78, 5) is 21.5. The smallest absolute Gasteiger partial charge is 0.307 e. The molecule has 2 aromatic carbocycles. The summed E-state index contributed by atoms with van der Waals surface area (Å²) in [5, 5.41) is 10.00. The van der Waals surface area contributed by atoms with Gasteiger partial charge in [0.25, 0.3) is 5.78 Å². The van der Waals surface area contributed by atoms with Crippen molar-refractivity contribution < 1.29 is 13.6 Å². The second-order valence-electron chi connectivity index (χ2n) is 6.01. The first-order valence-corrected chi connectivity index (χ1v) is 9.28. The monoisotopic (exact) mass is 412 g/mol. The molecular weight excluding hydrogens is 398 g/mol. The van der Waals surface area contributed by atoms with Gasteiger partial charge in [0, 0.05) is 16.7 Å². The molecule has 4 rings (SSSR count). The second-order valence-corrected chi connectivity index (χ2v) is 7.07. The van der Waals surface area contributed by atoms with E-state index in [1.807, 2.05) is 25.1 Å². The number of urea groups is 1. The number of para-hydroxylation sites is 1. The summed E-state index contributed by atoms with van der Waals surface area (Å²) in [6.07, 6.45) is 1.42. The first-order valence-electron chi connectivity index (χ1n) is 8.47. The molecule has 10 heteroatoms. The number of nitrogens with one attached hydrogen (secondary N) is 2. The van der Waals surface area contributed by atoms with Gasteiger partial charge in [-0.1, -0.05) is 23.9 Å². The molecular formula is C19H14F2N6OS. The number of anilines is 2. The first kappa shape index (κ1) is 18.8. The number of aryl methyl sites for hydroxylation is 1. The molecule has 0 saturated carbocycles. The van der Waals surface area contributed by atoms with Gasteiger partial charge in [-0.25, -0.2) is 18.6 Å². The van der Waals surface area contributed by atoms with E-state index >= 15 is 0 Å². The van der Waals surface area contributed by atoms with E-state index in [1.165, 1.54) is 18.1 Å². The first-order chi connectivity index (χ1) is 14.0. The summed E-state index contributed by atoms with van der Waals surface area (Å²) >= 11 is 1.37. The summed E-state index contributed by atoms with van der Waals surface area (Å²) in [7, 11) is 0. The number of benzene rings is 2. The van der Waals surface area contributed by atoms with Gasteiger partial charge in [-0.2, -0.15) is 14.6 Å². The van der Waals surface area contributed by atoms with E-state index < -0.39 is 17.7 Å². The molecule has 0 bridgehead atoms. The Balaban J connectivity index is 1.56. The van der Waals surface area contributed by atoms with Gasteiger partial charge in [0.15, 0.2) is 0 Å². The number of nitrogens with zero attached hydrogens (tertiary/aromatic N) is 4. The van der Waals surface area contributed by atoms with Gasteiger partial charge >= 0.3 is 6.03 Å². The lowest BCUT2D eigenvalue weighted by molar-refractivity contribution is 0.262. The van der Waals surface area contributed by atoms with Crippen molar-refractivity contribution in [1.82, 2.24) is 19.6 Å². The molecule has 0 atom stereocenters. The van der Waals surface area contributed by atoms with Crippen LogP contribution in [0.3, 0.4) is 0 Å². The van der Waals surface area contributed by atoms with E-state index in [1.54, 1.807) is 16.6 Å². The van der Waals surface area contributed by atoms with E-state index in [9.17, 15) is 13.6 Å². The second kappa shape index (κ2) is 7.84. The van der Waals surface area contributed by atoms with Gasteiger partial charge in [-0.3, -0.25) is 0 Å². The lowest BCUT2D eigenvalue weighted by Crippen LogP contribution is -2.20. The van der Waals surface area contributed by atoms with E-state index in [2.05, 4.69) is 25.7 Å². The largest absolute Gasteiger partial charge is 0.323 e. The Morgan fingerprint density at radius 1 is 1.07 bits per heavy atom. The molecule has 7 nitrogen and oxygen atoms in total. The maximum absolute atomic E-state index is 13.8. The minimum Gasteiger partial charge on any atom is -0.307 e. The highest BCUT2D eigenvalue weighted by atomic mass is 32.2. The predicted octanol–water partition coefficient (Wildman–Crippen LogP) is 4.51. The minimum atomic E-state index is -0.858. The minimum absolute atomic E-state index is 0.122. The number of carbonyl (C=O) groups is 1. The Labute approximate surface area is 168 Å². The molecule has 0 aliphatic rings. The van der Waals surface area contributed by atoms with Crippen LogP contribution in [-0.2, 0) is 0 Å². The van der Waals surface area contributed by atoms with Crippen LogP contribution in [0.2, 0.25) is 0 Å². The average Bonchev–Trinajstić information content (AvgIpc) is 3.14. The SMILES string of the molecule is Cc1cc(Sc2ccccc2NC(=O)Nc2ccc(F)cc2F)n2ncnc2n1. The summed E-state index contributed by atoms with van der Waals surface area (Å²) in [6.45, 7) is 1.85. The van der Waals surface area contributed by atoms with Crippen LogP contribution in [0.4, 0.5) is 25.0 Å². The third-order valence-electron chi connectivity index (χ3n) is 3.88. The Morgan fingerprint density at radius 3 is 2.69 bits per heavy atom. The molecule has 2 amide bonds. The summed E-state index contributed by atoms with van der Waals surface area (Å²) in [5.41, 5.74) is 1.17. The zero-order valence-corrected chi connectivity index (χ0v) is 15.9. The quantitative estimate of drug-likeness (QED) is 0.482. The standard InChI is InChI=1S/C19H14F2N6OS/c1-11-8-17(27-18(24-11)22-10-23-27)29-16-5-3-2-4-15(16)26-19(28)25-14-7-6-12(20)9-13(14)21/h2-10H,1H3,(H2,25,26,28). The summed E-state index contributed by atoms with van der Waals surface area (Å²) < 4.78 is 28.4. The van der Waals surface area contributed by atoms with E-state index in [-0.39, 0.29) is 5.69 Å². The van der Waals surface area contributed by atoms with E-state index in [0.717, 1.165) is 27.7 Å². The fourth-order valence-corrected chi connectivity index (χ4v) is 3.65. The molecule has 4 aromatic rings. The van der Waals surface area contributed by atoms with Crippen LogP contribution in [-0.4, -0.2) is 25.6 Å². The molecule has 0 unspecified atom stereocenters. The van der Waals surface area contributed by atoms with Crippen molar-refractivity contribution in [3.05, 3.63) is 72.2 Å². The molecule has 146 valence electrons. The van der Waals surface area contributed by atoms with Crippen LogP contribution in [0.1, 0.15) is 5.69 Å². The molecule has 0 radical (unpaired) electrons. The fraction of sp³-hybridized carbons (Fsp3) is 0.0526. The van der Waals surface area contributed by atoms with Gasteiger partial charge in [0.2, 0.25) is 0 Å². The Bertz CT molecular complexity index is 1210. The Kier molecular flexibility index (Phi) is 5.09. The molecule has 0 fully saturated rings. The van der Waals surface area contributed by atoms with Crippen molar-refractivity contribution in [3.63, 3.8) is 0 Å². The van der Waals surface area contributed by atoms with Gasteiger partial charge in [-0.15, -0.1) is 0 Å². The third-order valence-corrected chi connectivity index (χ3v) is 4.95. The van der Waals surface area contributed by atoms with Crippen molar-refractivity contribution in [3.8, 4) is 0 Å². The molecule has 0 spiro atoms. The molecule has 0 aliphatic carbocycles. The lowest BCUT2D eigenvalue weighted by atomic mass is 10.3. The highest BCUT2D eigenvalue weighted by molar-refractivity contribution is 7.99. The molecule has 2 aromatic heterocycles. The van der Waals surface area contributed by atoms with Crippen molar-refractivity contribution in [2.75, 3.05) is 10.6 Å². The molecule has 2 heterocycles.